The Hall–Kier alpha value is -2.77. The first-order valence-electron chi connectivity index (χ1n) is 5.84. The largest absolute Gasteiger partial charge is 0.477 e. The van der Waals surface area contributed by atoms with E-state index >= 15 is 0 Å². The molecular weight excluding hydrogens is 262 g/mol. The Morgan fingerprint density at radius 2 is 2.25 bits per heavy atom. The number of hydrogen-bond acceptors (Lipinski definition) is 7. The molecule has 0 amide bonds. The number of rotatable bonds is 5. The molecule has 1 N–H and O–H groups in total. The van der Waals surface area contributed by atoms with E-state index in [1.54, 1.807) is 19.2 Å². The predicted molar refractivity (Wildman–Crippen MR) is 71.5 cm³/mol. The number of ether oxygens (including phenoxy) is 1. The van der Waals surface area contributed by atoms with Crippen molar-refractivity contribution in [2.24, 2.45) is 0 Å². The van der Waals surface area contributed by atoms with E-state index in [9.17, 15) is 10.1 Å². The average Bonchev–Trinajstić information content (AvgIpc) is 2.44. The van der Waals surface area contributed by atoms with Gasteiger partial charge >= 0.3 is 5.82 Å². The first kappa shape index (κ1) is 13.7. The van der Waals surface area contributed by atoms with Crippen LogP contribution in [0, 0.1) is 17.0 Å². The zero-order chi connectivity index (χ0) is 14.5. The molecule has 2 rings (SSSR count). The Kier molecular flexibility index (Phi) is 4.04. The van der Waals surface area contributed by atoms with Gasteiger partial charge in [-0.15, -0.1) is 0 Å². The Bertz CT molecular complexity index is 632. The summed E-state index contributed by atoms with van der Waals surface area (Å²) in [4.78, 5) is 22.3. The summed E-state index contributed by atoms with van der Waals surface area (Å²) in [5, 5.41) is 13.7. The number of hydrogen-bond donors (Lipinski definition) is 1. The van der Waals surface area contributed by atoms with Crippen LogP contribution >= 0.6 is 0 Å². The van der Waals surface area contributed by atoms with Gasteiger partial charge in [0.2, 0.25) is 5.75 Å². The van der Waals surface area contributed by atoms with Crippen molar-refractivity contribution in [1.29, 1.82) is 0 Å². The third-order valence-electron chi connectivity index (χ3n) is 2.44. The Labute approximate surface area is 115 Å². The Morgan fingerprint density at radius 3 is 2.95 bits per heavy atom. The van der Waals surface area contributed by atoms with E-state index in [0.717, 1.165) is 5.69 Å². The molecule has 0 bridgehead atoms. The number of nitrogens with zero attached hydrogens (tertiary/aromatic N) is 4. The van der Waals surface area contributed by atoms with Crippen LogP contribution in [0.25, 0.3) is 0 Å². The average molecular weight is 275 g/mol. The topological polar surface area (TPSA) is 103 Å². The van der Waals surface area contributed by atoms with Gasteiger partial charge in [-0.1, -0.05) is 0 Å². The van der Waals surface area contributed by atoms with Gasteiger partial charge in [0.1, 0.15) is 18.6 Å². The fraction of sp³-hybridized carbons (Fsp3) is 0.250. The van der Waals surface area contributed by atoms with E-state index in [2.05, 4.69) is 20.3 Å². The zero-order valence-corrected chi connectivity index (χ0v) is 11.0. The lowest BCUT2D eigenvalue weighted by molar-refractivity contribution is -0.390. The molecule has 0 unspecified atom stereocenters. The fourth-order valence-corrected chi connectivity index (χ4v) is 1.60. The van der Waals surface area contributed by atoms with Crippen molar-refractivity contribution in [2.75, 3.05) is 12.4 Å². The van der Waals surface area contributed by atoms with Crippen molar-refractivity contribution in [3.05, 3.63) is 46.0 Å². The maximum Gasteiger partial charge on any atom is 0.406 e. The Morgan fingerprint density at radius 1 is 1.45 bits per heavy atom. The summed E-state index contributed by atoms with van der Waals surface area (Å²) in [6.45, 7) is 1.86. The molecule has 2 heterocycles. The van der Waals surface area contributed by atoms with Crippen molar-refractivity contribution in [2.45, 2.75) is 13.5 Å². The first-order valence-corrected chi connectivity index (χ1v) is 5.84. The summed E-state index contributed by atoms with van der Waals surface area (Å²) in [5.41, 5.74) is 0.781. The lowest BCUT2D eigenvalue weighted by Crippen LogP contribution is -2.06. The molecule has 104 valence electrons. The molecule has 20 heavy (non-hydrogen) atoms. The minimum atomic E-state index is -0.592. The van der Waals surface area contributed by atoms with Crippen LogP contribution in [0.15, 0.2) is 24.4 Å². The molecule has 0 aromatic carbocycles. The molecule has 0 radical (unpaired) electrons. The Balaban J connectivity index is 2.17. The monoisotopic (exact) mass is 275 g/mol. The summed E-state index contributed by atoms with van der Waals surface area (Å²) < 4.78 is 5.38. The molecule has 8 heteroatoms. The molecule has 2 aromatic heterocycles. The molecular formula is C12H13N5O3. The number of anilines is 1. The maximum absolute atomic E-state index is 10.8. The van der Waals surface area contributed by atoms with Crippen LogP contribution in [0.4, 0.5) is 11.6 Å². The molecule has 0 aliphatic carbocycles. The highest BCUT2D eigenvalue weighted by Crippen LogP contribution is 2.23. The van der Waals surface area contributed by atoms with Crippen LogP contribution in [0.1, 0.15) is 11.5 Å². The quantitative estimate of drug-likeness (QED) is 0.654. The van der Waals surface area contributed by atoms with Gasteiger partial charge in [-0.25, -0.2) is 9.97 Å². The van der Waals surface area contributed by atoms with Gasteiger partial charge in [-0.3, -0.25) is 0 Å². The molecule has 8 nitrogen and oxygen atoms in total. The minimum absolute atomic E-state index is 0.0306. The molecule has 0 atom stereocenters. The van der Waals surface area contributed by atoms with Gasteiger partial charge in [-0.2, -0.15) is 0 Å². The van der Waals surface area contributed by atoms with Crippen molar-refractivity contribution >= 4 is 11.6 Å². The number of aryl methyl sites for hydroxylation is 1. The van der Waals surface area contributed by atoms with E-state index in [4.69, 9.17) is 4.74 Å². The summed E-state index contributed by atoms with van der Waals surface area (Å²) >= 11 is 0. The number of nitro groups is 1. The third-order valence-corrected chi connectivity index (χ3v) is 2.44. The lowest BCUT2D eigenvalue weighted by Gasteiger charge is -2.07. The smallest absolute Gasteiger partial charge is 0.406 e. The van der Waals surface area contributed by atoms with E-state index in [1.165, 1.54) is 12.3 Å². The second-order valence-electron chi connectivity index (χ2n) is 3.93. The molecule has 0 saturated heterocycles. The molecule has 0 fully saturated rings. The standard InChI is InChI=1S/C12H13N5O3/c1-8-6-10(13-2)16-11(15-8)7-20-9-4-3-5-14-12(9)17(18)19/h3-6H,7H2,1-2H3,(H,13,15,16). The second-order valence-corrected chi connectivity index (χ2v) is 3.93. The number of pyridine rings is 1. The van der Waals surface area contributed by atoms with Gasteiger partial charge in [0, 0.05) is 18.8 Å². The van der Waals surface area contributed by atoms with E-state index in [0.29, 0.717) is 11.6 Å². The normalized spacial score (nSPS) is 10.1. The highest BCUT2D eigenvalue weighted by atomic mass is 16.6. The summed E-state index contributed by atoms with van der Waals surface area (Å²) in [6, 6.07) is 4.84. The number of nitrogens with one attached hydrogen (secondary N) is 1. The van der Waals surface area contributed by atoms with Crippen molar-refractivity contribution < 1.29 is 9.66 Å². The molecule has 0 saturated carbocycles. The van der Waals surface area contributed by atoms with Crippen LogP contribution in [0.2, 0.25) is 0 Å². The SMILES string of the molecule is CNc1cc(C)nc(COc2cccnc2[N+](=O)[O-])n1. The first-order chi connectivity index (χ1) is 9.60. The van der Waals surface area contributed by atoms with Crippen LogP contribution < -0.4 is 10.1 Å². The molecule has 0 aliphatic rings. The fourth-order valence-electron chi connectivity index (χ4n) is 1.60. The molecule has 2 aromatic rings. The van der Waals surface area contributed by atoms with Gasteiger partial charge in [0.15, 0.2) is 5.82 Å². The van der Waals surface area contributed by atoms with Crippen molar-refractivity contribution in [1.82, 2.24) is 15.0 Å². The van der Waals surface area contributed by atoms with E-state index in [-0.39, 0.29) is 18.2 Å². The van der Waals surface area contributed by atoms with Gasteiger partial charge < -0.3 is 20.2 Å². The van der Waals surface area contributed by atoms with Crippen molar-refractivity contribution in [3.63, 3.8) is 0 Å². The van der Waals surface area contributed by atoms with Crippen LogP contribution in [-0.2, 0) is 6.61 Å². The second kappa shape index (κ2) is 5.91. The summed E-state index contributed by atoms with van der Waals surface area (Å²) in [5.74, 6) is 0.867. The van der Waals surface area contributed by atoms with Gasteiger partial charge in [0.05, 0.1) is 0 Å². The van der Waals surface area contributed by atoms with Crippen LogP contribution in [-0.4, -0.2) is 26.9 Å². The number of aromatic nitrogens is 3. The minimum Gasteiger partial charge on any atom is -0.477 e. The van der Waals surface area contributed by atoms with E-state index < -0.39 is 4.92 Å². The van der Waals surface area contributed by atoms with Crippen LogP contribution in [0.3, 0.4) is 0 Å². The van der Waals surface area contributed by atoms with Gasteiger partial charge in [0.25, 0.3) is 0 Å². The maximum atomic E-state index is 10.8. The molecule has 0 aliphatic heterocycles. The predicted octanol–water partition coefficient (Wildman–Crippen LogP) is 1.71. The summed E-state index contributed by atoms with van der Waals surface area (Å²) in [6.07, 6.45) is 1.34. The molecule has 0 spiro atoms. The van der Waals surface area contributed by atoms with E-state index in [1.807, 2.05) is 6.92 Å². The van der Waals surface area contributed by atoms with Gasteiger partial charge in [-0.05, 0) is 29.0 Å². The van der Waals surface area contributed by atoms with Crippen LogP contribution in [0.5, 0.6) is 5.75 Å². The third kappa shape index (κ3) is 3.16. The highest BCUT2D eigenvalue weighted by Gasteiger charge is 2.16. The van der Waals surface area contributed by atoms with Crippen molar-refractivity contribution in [3.8, 4) is 5.75 Å². The zero-order valence-electron chi connectivity index (χ0n) is 11.0. The summed E-state index contributed by atoms with van der Waals surface area (Å²) in [7, 11) is 1.75. The lowest BCUT2D eigenvalue weighted by atomic mass is 10.4. The highest BCUT2D eigenvalue weighted by molar-refractivity contribution is 5.39.